The molecule has 0 aliphatic rings. The average Bonchev–Trinajstić information content (AvgIpc) is 2.39. The number of likely N-dealkylation sites (N-methyl/N-ethyl adjacent to an activating group) is 2. The highest BCUT2D eigenvalue weighted by atomic mass is 16.2. The summed E-state index contributed by atoms with van der Waals surface area (Å²) in [7, 11) is 1.58. The van der Waals surface area contributed by atoms with E-state index in [1.165, 1.54) is 4.90 Å². The first-order valence-corrected chi connectivity index (χ1v) is 6.26. The van der Waals surface area contributed by atoms with Gasteiger partial charge in [-0.15, -0.1) is 0 Å². The zero-order valence-electron chi connectivity index (χ0n) is 11.6. The average molecular weight is 263 g/mol. The molecular weight excluding hydrogens is 242 g/mol. The Kier molecular flexibility index (Phi) is 5.06. The van der Waals surface area contributed by atoms with Gasteiger partial charge in [0.15, 0.2) is 0 Å². The van der Waals surface area contributed by atoms with Crippen LogP contribution in [0.25, 0.3) is 0 Å². The lowest BCUT2D eigenvalue weighted by Gasteiger charge is -2.29. The van der Waals surface area contributed by atoms with E-state index in [-0.39, 0.29) is 18.4 Å². The van der Waals surface area contributed by atoms with Crippen molar-refractivity contribution in [3.8, 4) is 0 Å². The van der Waals surface area contributed by atoms with E-state index in [0.29, 0.717) is 6.54 Å². The molecule has 0 aliphatic heterocycles. The molecule has 0 fully saturated rings. The Balaban J connectivity index is 2.78. The van der Waals surface area contributed by atoms with Gasteiger partial charge in [-0.05, 0) is 19.4 Å². The lowest BCUT2D eigenvalue weighted by molar-refractivity contribution is -0.139. The van der Waals surface area contributed by atoms with Crippen LogP contribution in [-0.2, 0) is 15.1 Å². The van der Waals surface area contributed by atoms with E-state index in [1.54, 1.807) is 26.1 Å². The summed E-state index contributed by atoms with van der Waals surface area (Å²) in [5.74, 6) is -0.479. The number of carbonyl (C=O) groups excluding carboxylic acids is 2. The molecule has 0 saturated carbocycles. The molecule has 5 heteroatoms. The van der Waals surface area contributed by atoms with Gasteiger partial charge in [0, 0.05) is 13.6 Å². The van der Waals surface area contributed by atoms with Gasteiger partial charge in [-0.2, -0.15) is 0 Å². The quantitative estimate of drug-likeness (QED) is 0.810. The first-order valence-electron chi connectivity index (χ1n) is 6.26. The summed E-state index contributed by atoms with van der Waals surface area (Å²) in [5, 5.41) is 2.65. The summed E-state index contributed by atoms with van der Waals surface area (Å²) < 4.78 is 0. The number of hydrogen-bond acceptors (Lipinski definition) is 3. The highest BCUT2D eigenvalue weighted by Gasteiger charge is 2.33. The van der Waals surface area contributed by atoms with Gasteiger partial charge in [-0.3, -0.25) is 9.59 Å². The fraction of sp³-hybridized carbons (Fsp3) is 0.429. The van der Waals surface area contributed by atoms with Crippen molar-refractivity contribution in [2.75, 3.05) is 20.1 Å². The molecule has 104 valence electrons. The summed E-state index contributed by atoms with van der Waals surface area (Å²) in [6.45, 7) is 4.03. The Labute approximate surface area is 113 Å². The molecule has 1 aromatic rings. The number of rotatable bonds is 5. The molecule has 0 bridgehead atoms. The molecule has 0 radical (unpaired) electrons. The normalized spacial score (nSPS) is 13.5. The van der Waals surface area contributed by atoms with E-state index in [2.05, 4.69) is 5.32 Å². The van der Waals surface area contributed by atoms with Crippen LogP contribution in [0.4, 0.5) is 0 Å². The predicted molar refractivity (Wildman–Crippen MR) is 74.3 cm³/mol. The number of hydrogen-bond donors (Lipinski definition) is 2. The molecule has 3 N–H and O–H groups in total. The molecule has 2 amide bonds. The molecule has 1 unspecified atom stereocenters. The van der Waals surface area contributed by atoms with Crippen LogP contribution in [-0.4, -0.2) is 36.9 Å². The minimum atomic E-state index is -1.14. The van der Waals surface area contributed by atoms with Gasteiger partial charge in [-0.1, -0.05) is 30.3 Å². The largest absolute Gasteiger partial charge is 0.355 e. The molecule has 1 rings (SSSR count). The molecule has 0 heterocycles. The van der Waals surface area contributed by atoms with E-state index in [0.717, 1.165) is 5.56 Å². The maximum absolute atomic E-state index is 12.3. The molecule has 19 heavy (non-hydrogen) atoms. The van der Waals surface area contributed by atoms with Crippen LogP contribution in [0, 0.1) is 0 Å². The van der Waals surface area contributed by atoms with Crippen molar-refractivity contribution in [1.29, 1.82) is 0 Å². The Hall–Kier alpha value is -1.88. The van der Waals surface area contributed by atoms with Crippen LogP contribution >= 0.6 is 0 Å². The molecule has 1 atom stereocenters. The van der Waals surface area contributed by atoms with Crippen molar-refractivity contribution >= 4 is 11.8 Å². The zero-order valence-corrected chi connectivity index (χ0v) is 11.6. The standard InChI is InChI=1S/C14H21N3O2/c1-4-16-12(18)10-17(3)13(19)14(2,15)11-8-6-5-7-9-11/h5-9H,4,10,15H2,1-3H3,(H,16,18). The zero-order chi connectivity index (χ0) is 14.5. The fourth-order valence-corrected chi connectivity index (χ4v) is 1.84. The number of amides is 2. The maximum atomic E-state index is 12.3. The Morgan fingerprint density at radius 2 is 1.89 bits per heavy atom. The van der Waals surface area contributed by atoms with Crippen LogP contribution in [0.3, 0.4) is 0 Å². The first-order chi connectivity index (χ1) is 8.89. The van der Waals surface area contributed by atoms with Gasteiger partial charge in [0.1, 0.15) is 5.54 Å². The summed E-state index contributed by atoms with van der Waals surface area (Å²) in [5.41, 5.74) is 5.70. The van der Waals surface area contributed by atoms with E-state index in [1.807, 2.05) is 25.1 Å². The Morgan fingerprint density at radius 1 is 1.32 bits per heavy atom. The lowest BCUT2D eigenvalue weighted by atomic mass is 9.92. The number of nitrogens with zero attached hydrogens (tertiary/aromatic N) is 1. The van der Waals surface area contributed by atoms with Crippen molar-refractivity contribution in [2.45, 2.75) is 19.4 Å². The molecular formula is C14H21N3O2. The Bertz CT molecular complexity index is 443. The smallest absolute Gasteiger partial charge is 0.247 e. The van der Waals surface area contributed by atoms with Crippen LogP contribution in [0.15, 0.2) is 30.3 Å². The SMILES string of the molecule is CCNC(=O)CN(C)C(=O)C(C)(N)c1ccccc1. The monoisotopic (exact) mass is 263 g/mol. The molecule has 0 spiro atoms. The number of benzene rings is 1. The van der Waals surface area contributed by atoms with E-state index < -0.39 is 5.54 Å². The third-order valence-electron chi connectivity index (χ3n) is 2.92. The molecule has 0 saturated heterocycles. The van der Waals surface area contributed by atoms with E-state index in [4.69, 9.17) is 5.73 Å². The molecule has 0 aliphatic carbocycles. The predicted octanol–water partition coefficient (Wildman–Crippen LogP) is 0.455. The molecule has 5 nitrogen and oxygen atoms in total. The van der Waals surface area contributed by atoms with Crippen molar-refractivity contribution in [3.63, 3.8) is 0 Å². The minimum Gasteiger partial charge on any atom is -0.355 e. The van der Waals surface area contributed by atoms with Gasteiger partial charge in [0.05, 0.1) is 6.54 Å². The van der Waals surface area contributed by atoms with Crippen LogP contribution < -0.4 is 11.1 Å². The fourth-order valence-electron chi connectivity index (χ4n) is 1.84. The summed E-state index contributed by atoms with van der Waals surface area (Å²) in [6.07, 6.45) is 0. The van der Waals surface area contributed by atoms with Crippen LogP contribution in [0.5, 0.6) is 0 Å². The van der Waals surface area contributed by atoms with Crippen molar-refractivity contribution in [2.24, 2.45) is 5.73 Å². The summed E-state index contributed by atoms with van der Waals surface area (Å²) in [6, 6.07) is 9.13. The first kappa shape index (κ1) is 15.2. The lowest BCUT2D eigenvalue weighted by Crippen LogP contribution is -2.51. The van der Waals surface area contributed by atoms with E-state index >= 15 is 0 Å². The second kappa shape index (κ2) is 6.33. The number of carbonyl (C=O) groups is 2. The van der Waals surface area contributed by atoms with Crippen molar-refractivity contribution in [3.05, 3.63) is 35.9 Å². The summed E-state index contributed by atoms with van der Waals surface area (Å²) >= 11 is 0. The van der Waals surface area contributed by atoms with Gasteiger partial charge in [-0.25, -0.2) is 0 Å². The maximum Gasteiger partial charge on any atom is 0.247 e. The van der Waals surface area contributed by atoms with Gasteiger partial charge < -0.3 is 16.0 Å². The third-order valence-corrected chi connectivity index (χ3v) is 2.92. The topological polar surface area (TPSA) is 75.4 Å². The number of nitrogens with one attached hydrogen (secondary N) is 1. The second-order valence-corrected chi connectivity index (χ2v) is 4.68. The van der Waals surface area contributed by atoms with Gasteiger partial charge in [0.2, 0.25) is 11.8 Å². The number of nitrogens with two attached hydrogens (primary N) is 1. The summed E-state index contributed by atoms with van der Waals surface area (Å²) in [4.78, 5) is 25.1. The van der Waals surface area contributed by atoms with Gasteiger partial charge >= 0.3 is 0 Å². The highest BCUT2D eigenvalue weighted by molar-refractivity contribution is 5.90. The van der Waals surface area contributed by atoms with E-state index in [9.17, 15) is 9.59 Å². The van der Waals surface area contributed by atoms with Crippen LogP contribution in [0.1, 0.15) is 19.4 Å². The molecule has 1 aromatic carbocycles. The second-order valence-electron chi connectivity index (χ2n) is 4.68. The third kappa shape index (κ3) is 3.79. The van der Waals surface area contributed by atoms with Crippen molar-refractivity contribution < 1.29 is 9.59 Å². The highest BCUT2D eigenvalue weighted by Crippen LogP contribution is 2.19. The van der Waals surface area contributed by atoms with Gasteiger partial charge in [0.25, 0.3) is 0 Å². The van der Waals surface area contributed by atoms with Crippen molar-refractivity contribution in [1.82, 2.24) is 10.2 Å². The minimum absolute atomic E-state index is 0.00625. The molecule has 0 aromatic heterocycles. The van der Waals surface area contributed by atoms with Crippen LogP contribution in [0.2, 0.25) is 0 Å². The Morgan fingerprint density at radius 3 is 2.42 bits per heavy atom.